The zero-order valence-corrected chi connectivity index (χ0v) is 16.3. The second-order valence-corrected chi connectivity index (χ2v) is 8.09. The maximum atomic E-state index is 13.3. The van der Waals surface area contributed by atoms with Gasteiger partial charge in [0.1, 0.15) is 11.6 Å². The van der Waals surface area contributed by atoms with Gasteiger partial charge >= 0.3 is 0 Å². The van der Waals surface area contributed by atoms with E-state index in [1.807, 2.05) is 0 Å². The summed E-state index contributed by atoms with van der Waals surface area (Å²) in [6.45, 7) is 1.80. The van der Waals surface area contributed by atoms with E-state index >= 15 is 0 Å². The van der Waals surface area contributed by atoms with Gasteiger partial charge in [-0.05, 0) is 66.6 Å². The summed E-state index contributed by atoms with van der Waals surface area (Å²) >= 11 is 0. The molecule has 0 aliphatic heterocycles. The first-order chi connectivity index (χ1) is 13.7. The minimum Gasteiger partial charge on any atom is -0.348 e. The first-order valence-corrected chi connectivity index (χ1v) is 10.1. The molecule has 0 saturated heterocycles. The molecular weight excluding hydrogens is 398 g/mol. The molecule has 0 aromatic heterocycles. The van der Waals surface area contributed by atoms with Gasteiger partial charge in [-0.25, -0.2) is 17.2 Å². The molecule has 0 aliphatic rings. The minimum absolute atomic E-state index is 0.105. The summed E-state index contributed by atoms with van der Waals surface area (Å²) in [5.41, 5.74) is 1.55. The highest BCUT2D eigenvalue weighted by atomic mass is 32.2. The highest BCUT2D eigenvalue weighted by molar-refractivity contribution is 7.92. The Morgan fingerprint density at radius 1 is 0.966 bits per heavy atom. The van der Waals surface area contributed by atoms with Gasteiger partial charge in [-0.15, -0.1) is 0 Å². The molecule has 0 saturated carbocycles. The van der Waals surface area contributed by atoms with Gasteiger partial charge in [0.05, 0.1) is 4.90 Å². The van der Waals surface area contributed by atoms with Crippen molar-refractivity contribution in [3.63, 3.8) is 0 Å². The van der Waals surface area contributed by atoms with Gasteiger partial charge in [0.25, 0.3) is 15.9 Å². The van der Waals surface area contributed by atoms with Crippen LogP contribution in [0.4, 0.5) is 14.5 Å². The molecule has 150 valence electrons. The number of aryl methyl sites for hydroxylation is 1. The molecule has 0 aliphatic carbocycles. The average molecular weight is 416 g/mol. The number of benzene rings is 3. The third kappa shape index (κ3) is 5.17. The van der Waals surface area contributed by atoms with Gasteiger partial charge in [-0.3, -0.25) is 9.52 Å². The lowest BCUT2D eigenvalue weighted by atomic mass is 10.1. The fourth-order valence-corrected chi connectivity index (χ4v) is 3.74. The summed E-state index contributed by atoms with van der Waals surface area (Å²) in [7, 11) is -3.95. The maximum absolute atomic E-state index is 13.3. The van der Waals surface area contributed by atoms with Gasteiger partial charge in [-0.2, -0.15) is 0 Å². The maximum Gasteiger partial charge on any atom is 0.261 e. The Balaban J connectivity index is 1.72. The van der Waals surface area contributed by atoms with Gasteiger partial charge in [-0.1, -0.05) is 18.2 Å². The van der Waals surface area contributed by atoms with Crippen LogP contribution in [0.2, 0.25) is 0 Å². The Morgan fingerprint density at radius 3 is 2.38 bits per heavy atom. The Morgan fingerprint density at radius 2 is 1.69 bits per heavy atom. The highest BCUT2D eigenvalue weighted by Gasteiger charge is 2.16. The smallest absolute Gasteiger partial charge is 0.261 e. The zero-order valence-electron chi connectivity index (χ0n) is 15.4. The summed E-state index contributed by atoms with van der Waals surface area (Å²) in [6, 6.07) is 14.9. The molecule has 8 heteroatoms. The number of carbonyl (C=O) groups excluding carboxylic acids is 1. The monoisotopic (exact) mass is 416 g/mol. The van der Waals surface area contributed by atoms with E-state index in [4.69, 9.17) is 0 Å². The Kier molecular flexibility index (Phi) is 5.93. The molecule has 3 aromatic carbocycles. The second kappa shape index (κ2) is 8.40. The van der Waals surface area contributed by atoms with E-state index in [0.717, 1.165) is 17.7 Å². The molecule has 2 N–H and O–H groups in total. The number of anilines is 1. The van der Waals surface area contributed by atoms with Crippen LogP contribution in [0.5, 0.6) is 0 Å². The molecule has 0 atom stereocenters. The second-order valence-electron chi connectivity index (χ2n) is 6.41. The van der Waals surface area contributed by atoms with Crippen molar-refractivity contribution in [1.82, 2.24) is 5.32 Å². The lowest BCUT2D eigenvalue weighted by Gasteiger charge is -2.10. The molecule has 0 fully saturated rings. The van der Waals surface area contributed by atoms with Crippen molar-refractivity contribution < 1.29 is 22.0 Å². The van der Waals surface area contributed by atoms with E-state index < -0.39 is 21.7 Å². The number of amides is 1. The molecule has 5 nitrogen and oxygen atoms in total. The van der Waals surface area contributed by atoms with Gasteiger partial charge < -0.3 is 5.32 Å². The molecule has 0 bridgehead atoms. The van der Waals surface area contributed by atoms with Crippen molar-refractivity contribution in [2.45, 2.75) is 18.4 Å². The lowest BCUT2D eigenvalue weighted by Crippen LogP contribution is -2.23. The summed E-state index contributed by atoms with van der Waals surface area (Å²) in [5, 5.41) is 2.68. The molecule has 0 radical (unpaired) electrons. The van der Waals surface area contributed by atoms with Crippen molar-refractivity contribution in [2.24, 2.45) is 0 Å². The summed E-state index contributed by atoms with van der Waals surface area (Å²) in [4.78, 5) is 12.3. The topological polar surface area (TPSA) is 75.3 Å². The van der Waals surface area contributed by atoms with Crippen molar-refractivity contribution >= 4 is 21.6 Å². The van der Waals surface area contributed by atoms with Gasteiger partial charge in [0, 0.05) is 17.8 Å². The van der Waals surface area contributed by atoms with E-state index in [0.29, 0.717) is 5.56 Å². The Bertz CT molecular complexity index is 1150. The highest BCUT2D eigenvalue weighted by Crippen LogP contribution is 2.18. The SMILES string of the molecule is Cc1cc(CNC(=O)c2cccc(S(=O)(=O)Nc3ccc(F)cc3)c2)ccc1F. The molecular formula is C21H18F2N2O3S. The van der Waals surface area contributed by atoms with Crippen LogP contribution in [0.25, 0.3) is 0 Å². The van der Waals surface area contributed by atoms with Crippen LogP contribution in [0.3, 0.4) is 0 Å². The third-order valence-corrected chi connectivity index (χ3v) is 5.56. The molecule has 0 unspecified atom stereocenters. The molecule has 0 spiro atoms. The largest absolute Gasteiger partial charge is 0.348 e. The first kappa shape index (κ1) is 20.5. The van der Waals surface area contributed by atoms with Crippen LogP contribution < -0.4 is 10.0 Å². The summed E-state index contributed by atoms with van der Waals surface area (Å²) in [5.74, 6) is -1.28. The van der Waals surface area contributed by atoms with Crippen LogP contribution in [0.1, 0.15) is 21.5 Å². The number of nitrogens with one attached hydrogen (secondary N) is 2. The zero-order chi connectivity index (χ0) is 21.0. The lowest BCUT2D eigenvalue weighted by molar-refractivity contribution is 0.0950. The number of hydrogen-bond acceptors (Lipinski definition) is 3. The number of halogens is 2. The molecule has 3 rings (SSSR count). The number of sulfonamides is 1. The molecule has 3 aromatic rings. The predicted molar refractivity (Wildman–Crippen MR) is 106 cm³/mol. The third-order valence-electron chi connectivity index (χ3n) is 4.18. The van der Waals surface area contributed by atoms with Crippen molar-refractivity contribution in [2.75, 3.05) is 4.72 Å². The number of hydrogen-bond donors (Lipinski definition) is 2. The van der Waals surface area contributed by atoms with Crippen molar-refractivity contribution in [3.05, 3.63) is 95.1 Å². The van der Waals surface area contributed by atoms with Gasteiger partial charge in [0.15, 0.2) is 0 Å². The minimum atomic E-state index is -3.95. The Hall–Kier alpha value is -3.26. The number of carbonyl (C=O) groups is 1. The quantitative estimate of drug-likeness (QED) is 0.638. The van der Waals surface area contributed by atoms with E-state index in [-0.39, 0.29) is 28.5 Å². The van der Waals surface area contributed by atoms with Crippen LogP contribution >= 0.6 is 0 Å². The number of rotatable bonds is 6. The van der Waals surface area contributed by atoms with Crippen LogP contribution in [-0.2, 0) is 16.6 Å². The average Bonchev–Trinajstić information content (AvgIpc) is 2.70. The van der Waals surface area contributed by atoms with Crippen molar-refractivity contribution in [3.8, 4) is 0 Å². The fourth-order valence-electron chi connectivity index (χ4n) is 2.64. The summed E-state index contributed by atoms with van der Waals surface area (Å²) in [6.07, 6.45) is 0. The van der Waals surface area contributed by atoms with Crippen LogP contribution in [0.15, 0.2) is 71.6 Å². The first-order valence-electron chi connectivity index (χ1n) is 8.66. The summed E-state index contributed by atoms with van der Waals surface area (Å²) < 4.78 is 53.7. The normalized spacial score (nSPS) is 11.1. The van der Waals surface area contributed by atoms with E-state index in [2.05, 4.69) is 10.0 Å². The van der Waals surface area contributed by atoms with Crippen LogP contribution in [-0.4, -0.2) is 14.3 Å². The van der Waals surface area contributed by atoms with E-state index in [1.165, 1.54) is 42.5 Å². The van der Waals surface area contributed by atoms with Crippen LogP contribution in [0, 0.1) is 18.6 Å². The van der Waals surface area contributed by atoms with E-state index in [1.54, 1.807) is 19.1 Å². The molecule has 1 amide bonds. The standard InChI is InChI=1S/C21H18F2N2O3S/c1-14-11-15(5-10-20(14)23)13-24-21(26)16-3-2-4-19(12-16)29(27,28)25-18-8-6-17(22)7-9-18/h2-12,25H,13H2,1H3,(H,24,26). The molecule has 29 heavy (non-hydrogen) atoms. The predicted octanol–water partition coefficient (Wildman–Crippen LogP) is 4.00. The Labute approximate surface area is 167 Å². The molecule has 0 heterocycles. The van der Waals surface area contributed by atoms with E-state index in [9.17, 15) is 22.0 Å². The fraction of sp³-hybridized carbons (Fsp3) is 0.0952. The van der Waals surface area contributed by atoms with Crippen molar-refractivity contribution in [1.29, 1.82) is 0 Å². The van der Waals surface area contributed by atoms with Gasteiger partial charge in [0.2, 0.25) is 0 Å².